The van der Waals surface area contributed by atoms with Crippen LogP contribution in [0, 0.1) is 6.92 Å². The Labute approximate surface area is 155 Å². The van der Waals surface area contributed by atoms with Gasteiger partial charge in [0.15, 0.2) is 0 Å². The molecule has 0 bridgehead atoms. The molecule has 2 aromatic rings. The Morgan fingerprint density at radius 1 is 1.35 bits per heavy atom. The second-order valence-corrected chi connectivity index (χ2v) is 7.02. The summed E-state index contributed by atoms with van der Waals surface area (Å²) in [4.78, 5) is 19.6. The van der Waals surface area contributed by atoms with E-state index >= 15 is 0 Å². The largest absolute Gasteiger partial charge is 0.383 e. The van der Waals surface area contributed by atoms with Crippen molar-refractivity contribution < 1.29 is 9.53 Å². The van der Waals surface area contributed by atoms with E-state index in [1.165, 1.54) is 11.1 Å². The molecule has 1 saturated heterocycles. The molecule has 0 aliphatic carbocycles. The molecule has 0 radical (unpaired) electrons. The lowest BCUT2D eigenvalue weighted by Gasteiger charge is -2.41. The van der Waals surface area contributed by atoms with Gasteiger partial charge in [-0.15, -0.1) is 0 Å². The van der Waals surface area contributed by atoms with E-state index in [1.54, 1.807) is 19.6 Å². The summed E-state index contributed by atoms with van der Waals surface area (Å²) >= 11 is 0. The molecule has 1 aliphatic rings. The number of benzene rings is 1. The molecule has 1 aliphatic heterocycles. The van der Waals surface area contributed by atoms with Crippen LogP contribution in [0.5, 0.6) is 0 Å². The number of piperidine rings is 1. The molecule has 2 heterocycles. The lowest BCUT2D eigenvalue weighted by Crippen LogP contribution is -2.55. The summed E-state index contributed by atoms with van der Waals surface area (Å²) in [5.41, 5.74) is 2.04. The number of hydrogen-bond donors (Lipinski definition) is 1. The smallest absolute Gasteiger partial charge is 0.246 e. The van der Waals surface area contributed by atoms with E-state index in [0.29, 0.717) is 13.2 Å². The Morgan fingerprint density at radius 2 is 2.15 bits per heavy atom. The number of amides is 1. The average molecular weight is 356 g/mol. The van der Waals surface area contributed by atoms with Gasteiger partial charge in [0.25, 0.3) is 0 Å². The molecule has 0 atom stereocenters. The second-order valence-electron chi connectivity index (χ2n) is 7.02. The van der Waals surface area contributed by atoms with Gasteiger partial charge < -0.3 is 14.6 Å². The van der Waals surface area contributed by atoms with Gasteiger partial charge in [0.1, 0.15) is 5.54 Å². The van der Waals surface area contributed by atoms with Crippen molar-refractivity contribution in [2.45, 2.75) is 31.8 Å². The number of carbonyl (C=O) groups excluding carboxylic acids is 1. The lowest BCUT2D eigenvalue weighted by atomic mass is 9.85. The van der Waals surface area contributed by atoms with E-state index in [0.717, 1.165) is 32.5 Å². The van der Waals surface area contributed by atoms with Gasteiger partial charge in [-0.2, -0.15) is 0 Å². The number of nitrogens with one attached hydrogen (secondary N) is 1. The summed E-state index contributed by atoms with van der Waals surface area (Å²) in [6.07, 6.45) is 6.93. The van der Waals surface area contributed by atoms with Crippen molar-refractivity contribution in [1.82, 2.24) is 19.8 Å². The first-order valence-corrected chi connectivity index (χ1v) is 9.18. The van der Waals surface area contributed by atoms with Crippen molar-refractivity contribution in [3.63, 3.8) is 0 Å². The summed E-state index contributed by atoms with van der Waals surface area (Å²) < 4.78 is 7.03. The van der Waals surface area contributed by atoms with E-state index in [4.69, 9.17) is 4.74 Å². The highest BCUT2D eigenvalue weighted by molar-refractivity contribution is 5.84. The molecular weight excluding hydrogens is 328 g/mol. The van der Waals surface area contributed by atoms with E-state index in [9.17, 15) is 4.79 Å². The number of rotatable bonds is 7. The predicted octanol–water partition coefficient (Wildman–Crippen LogP) is 1.95. The Kier molecular flexibility index (Phi) is 6.06. The number of methoxy groups -OCH3 is 1. The number of imidazole rings is 1. The zero-order valence-corrected chi connectivity index (χ0v) is 15.6. The van der Waals surface area contributed by atoms with Gasteiger partial charge in [-0.25, -0.2) is 4.98 Å². The molecule has 1 N–H and O–H groups in total. The summed E-state index contributed by atoms with van der Waals surface area (Å²) in [6.45, 7) is 5.85. The Balaban J connectivity index is 1.68. The van der Waals surface area contributed by atoms with Crippen LogP contribution in [-0.4, -0.2) is 53.7 Å². The SMILES string of the molecule is COCCNC(=O)C1(n2ccnc2)CCN(Cc2cccc(C)c2)CC1. The van der Waals surface area contributed by atoms with Gasteiger partial charge in [-0.1, -0.05) is 29.8 Å². The van der Waals surface area contributed by atoms with Crippen molar-refractivity contribution in [2.24, 2.45) is 0 Å². The van der Waals surface area contributed by atoms with E-state index in [1.807, 2.05) is 10.8 Å². The first kappa shape index (κ1) is 18.6. The third kappa shape index (κ3) is 4.14. The zero-order chi connectivity index (χ0) is 18.4. The molecule has 6 heteroatoms. The summed E-state index contributed by atoms with van der Waals surface area (Å²) in [6, 6.07) is 8.62. The minimum absolute atomic E-state index is 0.0581. The van der Waals surface area contributed by atoms with Crippen molar-refractivity contribution in [2.75, 3.05) is 33.4 Å². The molecular formula is C20H28N4O2. The maximum Gasteiger partial charge on any atom is 0.246 e. The molecule has 0 saturated carbocycles. The third-order valence-electron chi connectivity index (χ3n) is 5.18. The number of aromatic nitrogens is 2. The molecule has 6 nitrogen and oxygen atoms in total. The van der Waals surface area contributed by atoms with Gasteiger partial charge >= 0.3 is 0 Å². The lowest BCUT2D eigenvalue weighted by molar-refractivity contribution is -0.132. The molecule has 0 spiro atoms. The van der Waals surface area contributed by atoms with Gasteiger partial charge in [0.2, 0.25) is 5.91 Å². The fraction of sp³-hybridized carbons (Fsp3) is 0.500. The van der Waals surface area contributed by atoms with Crippen LogP contribution >= 0.6 is 0 Å². The van der Waals surface area contributed by atoms with E-state index in [-0.39, 0.29) is 5.91 Å². The van der Waals surface area contributed by atoms with Crippen molar-refractivity contribution in [1.29, 1.82) is 0 Å². The molecule has 3 rings (SSSR count). The fourth-order valence-electron chi connectivity index (χ4n) is 3.70. The number of hydrogen-bond acceptors (Lipinski definition) is 4. The number of ether oxygens (including phenoxy) is 1. The van der Waals surface area contributed by atoms with Gasteiger partial charge in [-0.05, 0) is 25.3 Å². The predicted molar refractivity (Wildman–Crippen MR) is 101 cm³/mol. The number of likely N-dealkylation sites (tertiary alicyclic amines) is 1. The Morgan fingerprint density at radius 3 is 2.81 bits per heavy atom. The molecule has 26 heavy (non-hydrogen) atoms. The summed E-state index contributed by atoms with van der Waals surface area (Å²) in [7, 11) is 1.64. The first-order valence-electron chi connectivity index (χ1n) is 9.18. The molecule has 1 amide bonds. The third-order valence-corrected chi connectivity index (χ3v) is 5.18. The van der Waals surface area contributed by atoms with Gasteiger partial charge in [0, 0.05) is 45.7 Å². The molecule has 1 fully saturated rings. The molecule has 0 unspecified atom stereocenters. The number of carbonyl (C=O) groups is 1. The second kappa shape index (κ2) is 8.47. The highest BCUT2D eigenvalue weighted by atomic mass is 16.5. The highest BCUT2D eigenvalue weighted by Crippen LogP contribution is 2.31. The van der Waals surface area contributed by atoms with Crippen LogP contribution in [0.4, 0.5) is 0 Å². The topological polar surface area (TPSA) is 59.4 Å². The first-order chi connectivity index (χ1) is 12.6. The van der Waals surface area contributed by atoms with E-state index in [2.05, 4.69) is 46.4 Å². The van der Waals surface area contributed by atoms with Crippen LogP contribution in [0.15, 0.2) is 43.0 Å². The van der Waals surface area contributed by atoms with Crippen molar-refractivity contribution in [3.8, 4) is 0 Å². The minimum Gasteiger partial charge on any atom is -0.383 e. The van der Waals surface area contributed by atoms with Crippen LogP contribution in [-0.2, 0) is 21.6 Å². The van der Waals surface area contributed by atoms with Crippen LogP contribution in [0.2, 0.25) is 0 Å². The number of nitrogens with zero attached hydrogens (tertiary/aromatic N) is 3. The Bertz CT molecular complexity index is 706. The number of aryl methyl sites for hydroxylation is 1. The average Bonchev–Trinajstić information content (AvgIpc) is 3.18. The zero-order valence-electron chi connectivity index (χ0n) is 15.6. The Hall–Kier alpha value is -2.18. The van der Waals surface area contributed by atoms with Crippen LogP contribution in [0.3, 0.4) is 0 Å². The van der Waals surface area contributed by atoms with Crippen LogP contribution in [0.25, 0.3) is 0 Å². The van der Waals surface area contributed by atoms with E-state index < -0.39 is 5.54 Å². The summed E-state index contributed by atoms with van der Waals surface area (Å²) in [5.74, 6) is 0.0581. The summed E-state index contributed by atoms with van der Waals surface area (Å²) in [5, 5.41) is 3.02. The normalized spacial score (nSPS) is 17.2. The quantitative estimate of drug-likeness (QED) is 0.771. The van der Waals surface area contributed by atoms with Gasteiger partial charge in [-0.3, -0.25) is 9.69 Å². The molecule has 140 valence electrons. The van der Waals surface area contributed by atoms with Gasteiger partial charge in [0.05, 0.1) is 12.9 Å². The fourth-order valence-corrected chi connectivity index (χ4v) is 3.70. The minimum atomic E-state index is -0.562. The monoisotopic (exact) mass is 356 g/mol. The van der Waals surface area contributed by atoms with Crippen LogP contribution in [0.1, 0.15) is 24.0 Å². The highest BCUT2D eigenvalue weighted by Gasteiger charge is 2.42. The van der Waals surface area contributed by atoms with Crippen LogP contribution < -0.4 is 5.32 Å². The van der Waals surface area contributed by atoms with Crippen molar-refractivity contribution in [3.05, 3.63) is 54.1 Å². The molecule has 1 aromatic carbocycles. The maximum absolute atomic E-state index is 13.0. The maximum atomic E-state index is 13.0. The molecule has 1 aromatic heterocycles. The van der Waals surface area contributed by atoms with Crippen molar-refractivity contribution >= 4 is 5.91 Å². The standard InChI is InChI=1S/C20H28N4O2/c1-17-4-3-5-18(14-17)15-23-10-6-20(7-11-23,24-12-8-21-16-24)19(25)22-9-13-26-2/h3-5,8,12,14,16H,6-7,9-11,13,15H2,1-2H3,(H,22,25).